The number of allylic oxidation sites excluding steroid dienone is 1. The second kappa shape index (κ2) is 8.17. The molecule has 5 rings (SSSR count). The number of nitrogens with zero attached hydrogens (tertiary/aromatic N) is 1. The third kappa shape index (κ3) is 4.07. The number of ether oxygens (including phenoxy) is 3. The summed E-state index contributed by atoms with van der Waals surface area (Å²) in [6.07, 6.45) is 6.95. The van der Waals surface area contributed by atoms with E-state index in [1.165, 1.54) is 0 Å². The molecule has 6 nitrogen and oxygen atoms in total. The highest BCUT2D eigenvalue weighted by atomic mass is 16.6. The van der Waals surface area contributed by atoms with Crippen molar-refractivity contribution in [3.8, 4) is 0 Å². The Morgan fingerprint density at radius 3 is 3.09 bits per heavy atom. The molecule has 1 aliphatic carbocycles. The van der Waals surface area contributed by atoms with Crippen LogP contribution in [-0.2, 0) is 30.2 Å². The summed E-state index contributed by atoms with van der Waals surface area (Å²) in [5.41, 5.74) is 3.13. The first kappa shape index (κ1) is 20.9. The molecule has 1 aromatic heterocycles. The van der Waals surface area contributed by atoms with E-state index < -0.39 is 0 Å². The maximum absolute atomic E-state index is 12.5. The van der Waals surface area contributed by atoms with Crippen molar-refractivity contribution in [3.05, 3.63) is 65.9 Å². The van der Waals surface area contributed by atoms with Gasteiger partial charge in [-0.05, 0) is 61.9 Å². The number of pyridine rings is 1. The van der Waals surface area contributed by atoms with E-state index in [1.54, 1.807) is 6.20 Å². The molecule has 166 valence electrons. The molecule has 3 heterocycles. The lowest BCUT2D eigenvalue weighted by Crippen LogP contribution is -2.29. The van der Waals surface area contributed by atoms with Crippen molar-refractivity contribution in [2.45, 2.75) is 56.8 Å². The average molecular weight is 434 g/mol. The largest absolute Gasteiger partial charge is 0.461 e. The van der Waals surface area contributed by atoms with Crippen LogP contribution >= 0.6 is 0 Å². The second-order valence-corrected chi connectivity index (χ2v) is 9.16. The average Bonchev–Trinajstić information content (AvgIpc) is 3.37. The number of rotatable bonds is 4. The second-order valence-electron chi connectivity index (χ2n) is 9.16. The van der Waals surface area contributed by atoms with Crippen LogP contribution < -0.4 is 0 Å². The van der Waals surface area contributed by atoms with E-state index in [1.807, 2.05) is 30.3 Å². The van der Waals surface area contributed by atoms with Gasteiger partial charge in [0.2, 0.25) is 0 Å². The van der Waals surface area contributed by atoms with Gasteiger partial charge in [0.1, 0.15) is 18.8 Å². The molecule has 2 aromatic rings. The normalized spacial score (nSPS) is 29.5. The number of epoxide rings is 1. The van der Waals surface area contributed by atoms with Crippen molar-refractivity contribution in [1.29, 1.82) is 0 Å². The zero-order valence-electron chi connectivity index (χ0n) is 18.2. The van der Waals surface area contributed by atoms with Crippen molar-refractivity contribution in [3.63, 3.8) is 0 Å². The molecule has 0 amide bonds. The van der Waals surface area contributed by atoms with Crippen LogP contribution in [0.2, 0.25) is 0 Å². The molecular formula is C26H27NO5. The van der Waals surface area contributed by atoms with Crippen LogP contribution in [0.1, 0.15) is 38.2 Å². The van der Waals surface area contributed by atoms with E-state index in [0.717, 1.165) is 47.7 Å². The molecule has 0 spiro atoms. The van der Waals surface area contributed by atoms with Gasteiger partial charge < -0.3 is 14.2 Å². The van der Waals surface area contributed by atoms with Crippen LogP contribution in [0.25, 0.3) is 10.9 Å². The van der Waals surface area contributed by atoms with Gasteiger partial charge in [0.05, 0.1) is 17.5 Å². The minimum atomic E-state index is -0.320. The van der Waals surface area contributed by atoms with Crippen molar-refractivity contribution >= 4 is 22.8 Å². The van der Waals surface area contributed by atoms with E-state index in [0.29, 0.717) is 5.57 Å². The maximum atomic E-state index is 12.5. The Kier molecular flexibility index (Phi) is 5.33. The van der Waals surface area contributed by atoms with E-state index in [-0.39, 0.29) is 48.7 Å². The standard InChI is InChI=1S/C26H27NO5/c1-16-20-9-7-17(5-3-11-26(2)24(32-26)23(20)31-25(16)29)15-30-22(28)14-18-8-10-21-19(13-18)6-4-12-27-21/h4-6,8,10,12-13,20,23-24H,1,3,7,9,11,14-15H2,2H3/t20-,23-,24-,26+/m0/s1. The highest BCUT2D eigenvalue weighted by Gasteiger charge is 2.61. The number of aromatic nitrogens is 1. The van der Waals surface area contributed by atoms with Crippen LogP contribution in [0.4, 0.5) is 0 Å². The molecule has 0 saturated carbocycles. The summed E-state index contributed by atoms with van der Waals surface area (Å²) in [7, 11) is 0. The zero-order chi connectivity index (χ0) is 22.3. The molecule has 0 bridgehead atoms. The summed E-state index contributed by atoms with van der Waals surface area (Å²) in [5.74, 6) is -0.636. The van der Waals surface area contributed by atoms with Gasteiger partial charge in [0, 0.05) is 23.1 Å². The SMILES string of the molecule is C=C1C(=O)O[C@H]2[C@H]1CCC(COC(=O)Cc1ccc3ncccc3c1)=CCC[C@@]1(C)O[C@@H]21. The van der Waals surface area contributed by atoms with Crippen LogP contribution in [0, 0.1) is 5.92 Å². The Morgan fingerprint density at radius 2 is 2.22 bits per heavy atom. The molecule has 1 aromatic carbocycles. The summed E-state index contributed by atoms with van der Waals surface area (Å²) in [6.45, 7) is 6.27. The zero-order valence-corrected chi connectivity index (χ0v) is 18.2. The van der Waals surface area contributed by atoms with Crippen molar-refractivity contribution < 1.29 is 23.8 Å². The lowest BCUT2D eigenvalue weighted by atomic mass is 9.84. The van der Waals surface area contributed by atoms with Crippen LogP contribution in [0.3, 0.4) is 0 Å². The van der Waals surface area contributed by atoms with Crippen LogP contribution in [0.15, 0.2) is 60.3 Å². The summed E-state index contributed by atoms with van der Waals surface area (Å²) in [6, 6.07) is 9.67. The van der Waals surface area contributed by atoms with Crippen molar-refractivity contribution in [1.82, 2.24) is 4.98 Å². The van der Waals surface area contributed by atoms with Crippen molar-refractivity contribution in [2.24, 2.45) is 5.92 Å². The topological polar surface area (TPSA) is 78.0 Å². The highest BCUT2D eigenvalue weighted by Crippen LogP contribution is 2.49. The molecule has 2 fully saturated rings. The fourth-order valence-corrected chi connectivity index (χ4v) is 4.88. The van der Waals surface area contributed by atoms with Gasteiger partial charge in [-0.1, -0.05) is 24.8 Å². The summed E-state index contributed by atoms with van der Waals surface area (Å²) >= 11 is 0. The first-order valence-corrected chi connectivity index (χ1v) is 11.2. The monoisotopic (exact) mass is 433 g/mol. The minimum Gasteiger partial charge on any atom is -0.461 e. The Labute approximate surface area is 187 Å². The molecule has 2 saturated heterocycles. The summed E-state index contributed by atoms with van der Waals surface area (Å²) < 4.78 is 17.1. The highest BCUT2D eigenvalue weighted by molar-refractivity contribution is 5.91. The van der Waals surface area contributed by atoms with Gasteiger partial charge in [0.25, 0.3) is 0 Å². The number of carbonyl (C=O) groups excluding carboxylic acids is 2. The van der Waals surface area contributed by atoms with Gasteiger partial charge in [-0.15, -0.1) is 0 Å². The Morgan fingerprint density at radius 1 is 1.34 bits per heavy atom. The fourth-order valence-electron chi connectivity index (χ4n) is 4.88. The number of esters is 2. The maximum Gasteiger partial charge on any atom is 0.334 e. The summed E-state index contributed by atoms with van der Waals surface area (Å²) in [5, 5.41) is 1.00. The summed E-state index contributed by atoms with van der Waals surface area (Å²) in [4.78, 5) is 28.9. The van der Waals surface area contributed by atoms with E-state index in [2.05, 4.69) is 24.6 Å². The minimum absolute atomic E-state index is 0.0550. The number of hydrogen-bond acceptors (Lipinski definition) is 6. The molecule has 32 heavy (non-hydrogen) atoms. The molecule has 0 radical (unpaired) electrons. The van der Waals surface area contributed by atoms with Crippen molar-refractivity contribution in [2.75, 3.05) is 6.61 Å². The van der Waals surface area contributed by atoms with Gasteiger partial charge in [-0.25, -0.2) is 4.79 Å². The number of hydrogen-bond donors (Lipinski definition) is 0. The first-order chi connectivity index (χ1) is 15.4. The molecule has 0 N–H and O–H groups in total. The lowest BCUT2D eigenvalue weighted by molar-refractivity contribution is -0.142. The van der Waals surface area contributed by atoms with E-state index in [9.17, 15) is 9.59 Å². The first-order valence-electron chi connectivity index (χ1n) is 11.2. The van der Waals surface area contributed by atoms with E-state index in [4.69, 9.17) is 14.2 Å². The van der Waals surface area contributed by atoms with Gasteiger partial charge >= 0.3 is 11.9 Å². The molecular weight excluding hydrogens is 406 g/mol. The number of benzene rings is 1. The molecule has 3 aliphatic rings. The lowest BCUT2D eigenvalue weighted by Gasteiger charge is -2.20. The third-order valence-corrected chi connectivity index (χ3v) is 6.87. The van der Waals surface area contributed by atoms with E-state index >= 15 is 0 Å². The van der Waals surface area contributed by atoms with Crippen LogP contribution in [0.5, 0.6) is 0 Å². The van der Waals surface area contributed by atoms with Gasteiger partial charge in [-0.3, -0.25) is 9.78 Å². The van der Waals surface area contributed by atoms with Crippen LogP contribution in [-0.4, -0.2) is 41.3 Å². The van der Waals surface area contributed by atoms with Gasteiger partial charge in [0.15, 0.2) is 0 Å². The quantitative estimate of drug-likeness (QED) is 0.313. The number of carbonyl (C=O) groups is 2. The Balaban J connectivity index is 1.22. The smallest absolute Gasteiger partial charge is 0.334 e. The predicted molar refractivity (Wildman–Crippen MR) is 119 cm³/mol. The Bertz CT molecular complexity index is 1120. The molecule has 0 unspecified atom stereocenters. The predicted octanol–water partition coefficient (Wildman–Crippen LogP) is 4.08. The van der Waals surface area contributed by atoms with Gasteiger partial charge in [-0.2, -0.15) is 0 Å². The Hall–Kier alpha value is -2.99. The number of fused-ring (bicyclic) bond motifs is 4. The molecule has 4 atom stereocenters. The third-order valence-electron chi connectivity index (χ3n) is 6.87. The molecule has 6 heteroatoms. The molecule has 2 aliphatic heterocycles. The fraction of sp³-hybridized carbons (Fsp3) is 0.423.